The van der Waals surface area contributed by atoms with E-state index in [2.05, 4.69) is 15.6 Å². The average Bonchev–Trinajstić information content (AvgIpc) is 3.18. The quantitative estimate of drug-likeness (QED) is 0.753. The molecule has 1 aliphatic heterocycles. The number of aromatic nitrogens is 2. The zero-order chi connectivity index (χ0) is 19.4. The summed E-state index contributed by atoms with van der Waals surface area (Å²) in [5.74, 6) is 1.40. The molecule has 8 nitrogen and oxygen atoms in total. The molecule has 0 spiro atoms. The van der Waals surface area contributed by atoms with Crippen LogP contribution < -0.4 is 10.6 Å². The van der Waals surface area contributed by atoms with Crippen molar-refractivity contribution in [3.05, 3.63) is 41.4 Å². The lowest BCUT2D eigenvalue weighted by molar-refractivity contribution is -0.134. The van der Waals surface area contributed by atoms with Gasteiger partial charge in [0.2, 0.25) is 11.8 Å². The minimum absolute atomic E-state index is 0.110. The van der Waals surface area contributed by atoms with Crippen molar-refractivity contribution in [2.24, 2.45) is 0 Å². The summed E-state index contributed by atoms with van der Waals surface area (Å²) in [6, 6.07) is 3.33. The van der Waals surface area contributed by atoms with Crippen molar-refractivity contribution in [2.45, 2.75) is 46.3 Å². The number of hydrogen-bond donors (Lipinski definition) is 2. The summed E-state index contributed by atoms with van der Waals surface area (Å²) in [6.07, 6.45) is 1.91. The van der Waals surface area contributed by atoms with E-state index in [1.54, 1.807) is 6.33 Å². The number of carbonyl (C=O) groups excluding carboxylic acids is 2. The van der Waals surface area contributed by atoms with Gasteiger partial charge in [-0.05, 0) is 32.9 Å². The van der Waals surface area contributed by atoms with Crippen LogP contribution in [0.15, 0.2) is 22.9 Å². The van der Waals surface area contributed by atoms with Crippen LogP contribution in [-0.2, 0) is 22.7 Å². The average molecular weight is 373 g/mol. The number of amides is 2. The molecule has 2 amide bonds. The maximum absolute atomic E-state index is 12.4. The zero-order valence-corrected chi connectivity index (χ0v) is 16.1. The van der Waals surface area contributed by atoms with Crippen LogP contribution in [0.5, 0.6) is 0 Å². The number of nitrogens with zero attached hydrogens (tertiary/aromatic N) is 3. The van der Waals surface area contributed by atoms with Crippen LogP contribution in [0.4, 0.5) is 0 Å². The van der Waals surface area contributed by atoms with Crippen LogP contribution in [-0.4, -0.2) is 51.9 Å². The second kappa shape index (κ2) is 8.39. The summed E-state index contributed by atoms with van der Waals surface area (Å²) < 4.78 is 7.63. The number of rotatable bonds is 7. The number of hydrogen-bond acceptors (Lipinski definition) is 5. The Morgan fingerprint density at radius 1 is 1.37 bits per heavy atom. The molecule has 0 saturated carbocycles. The third-order valence-corrected chi connectivity index (χ3v) is 5.00. The van der Waals surface area contributed by atoms with Gasteiger partial charge in [0.25, 0.3) is 0 Å². The molecule has 1 fully saturated rings. The van der Waals surface area contributed by atoms with Gasteiger partial charge in [0.15, 0.2) is 0 Å². The van der Waals surface area contributed by atoms with E-state index in [-0.39, 0.29) is 18.2 Å². The summed E-state index contributed by atoms with van der Waals surface area (Å²) >= 11 is 0. The van der Waals surface area contributed by atoms with Crippen molar-refractivity contribution in [3.63, 3.8) is 0 Å². The number of aryl methyl sites for hydroxylation is 2. The van der Waals surface area contributed by atoms with E-state index in [9.17, 15) is 9.59 Å². The van der Waals surface area contributed by atoms with Crippen molar-refractivity contribution in [1.82, 2.24) is 25.1 Å². The Balaban J connectivity index is 1.53. The third-order valence-electron chi connectivity index (χ3n) is 5.00. The van der Waals surface area contributed by atoms with E-state index in [1.165, 1.54) is 0 Å². The topological polar surface area (TPSA) is 92.4 Å². The minimum atomic E-state index is -0.485. The van der Waals surface area contributed by atoms with Crippen LogP contribution >= 0.6 is 0 Å². The van der Waals surface area contributed by atoms with Crippen LogP contribution in [0.1, 0.15) is 29.3 Å². The van der Waals surface area contributed by atoms with Crippen molar-refractivity contribution in [2.75, 3.05) is 19.6 Å². The van der Waals surface area contributed by atoms with Crippen LogP contribution in [0.3, 0.4) is 0 Å². The Morgan fingerprint density at radius 3 is 2.85 bits per heavy atom. The largest absolute Gasteiger partial charge is 0.465 e. The molecular formula is C19H27N5O3. The van der Waals surface area contributed by atoms with Gasteiger partial charge < -0.3 is 19.6 Å². The minimum Gasteiger partial charge on any atom is -0.465 e. The lowest BCUT2D eigenvalue weighted by atomic mass is 10.1. The van der Waals surface area contributed by atoms with Crippen molar-refractivity contribution in [1.29, 1.82) is 0 Å². The molecule has 2 aromatic heterocycles. The SMILES string of the molecule is Cc1ccc(CN2CCNC(=O)C2CC(=O)NCCn2cnc(C)c2C)o1. The molecule has 8 heteroatoms. The van der Waals surface area contributed by atoms with Gasteiger partial charge in [0.1, 0.15) is 11.5 Å². The highest BCUT2D eigenvalue weighted by atomic mass is 16.3. The van der Waals surface area contributed by atoms with Gasteiger partial charge in [0, 0.05) is 31.9 Å². The summed E-state index contributed by atoms with van der Waals surface area (Å²) in [7, 11) is 0. The first-order valence-corrected chi connectivity index (χ1v) is 9.26. The fraction of sp³-hybridized carbons (Fsp3) is 0.526. The maximum Gasteiger partial charge on any atom is 0.237 e. The van der Waals surface area contributed by atoms with E-state index in [0.717, 1.165) is 22.9 Å². The molecule has 1 unspecified atom stereocenters. The Labute approximate surface area is 158 Å². The zero-order valence-electron chi connectivity index (χ0n) is 16.1. The predicted molar refractivity (Wildman–Crippen MR) is 100.0 cm³/mol. The van der Waals surface area contributed by atoms with E-state index in [1.807, 2.05) is 42.4 Å². The molecule has 2 N–H and O–H groups in total. The molecule has 146 valence electrons. The third kappa shape index (κ3) is 4.77. The molecule has 3 heterocycles. The Bertz CT molecular complexity index is 810. The van der Waals surface area contributed by atoms with Gasteiger partial charge in [-0.15, -0.1) is 0 Å². The fourth-order valence-corrected chi connectivity index (χ4v) is 3.28. The van der Waals surface area contributed by atoms with Gasteiger partial charge in [-0.2, -0.15) is 0 Å². The van der Waals surface area contributed by atoms with Gasteiger partial charge in [-0.25, -0.2) is 4.98 Å². The first-order chi connectivity index (χ1) is 12.9. The van der Waals surface area contributed by atoms with Crippen molar-refractivity contribution in [3.8, 4) is 0 Å². The van der Waals surface area contributed by atoms with Gasteiger partial charge in [-0.3, -0.25) is 14.5 Å². The number of carbonyl (C=O) groups is 2. The Hall–Kier alpha value is -2.61. The second-order valence-electron chi connectivity index (χ2n) is 6.95. The maximum atomic E-state index is 12.4. The van der Waals surface area contributed by atoms with Gasteiger partial charge in [0.05, 0.1) is 31.0 Å². The molecule has 27 heavy (non-hydrogen) atoms. The molecule has 0 aliphatic carbocycles. The Kier molecular flexibility index (Phi) is 5.95. The molecule has 0 bridgehead atoms. The normalized spacial score (nSPS) is 17.7. The Morgan fingerprint density at radius 2 is 2.19 bits per heavy atom. The highest BCUT2D eigenvalue weighted by Gasteiger charge is 2.32. The lowest BCUT2D eigenvalue weighted by Crippen LogP contribution is -2.56. The van der Waals surface area contributed by atoms with E-state index < -0.39 is 6.04 Å². The highest BCUT2D eigenvalue weighted by Crippen LogP contribution is 2.15. The molecule has 1 atom stereocenters. The smallest absolute Gasteiger partial charge is 0.237 e. The number of furan rings is 1. The molecule has 3 rings (SSSR count). The summed E-state index contributed by atoms with van der Waals surface area (Å²) in [6.45, 7) is 8.80. The molecular weight excluding hydrogens is 346 g/mol. The van der Waals surface area contributed by atoms with Crippen molar-refractivity contribution < 1.29 is 14.0 Å². The summed E-state index contributed by atoms with van der Waals surface area (Å²) in [4.78, 5) is 30.9. The molecule has 0 radical (unpaired) electrons. The van der Waals surface area contributed by atoms with Gasteiger partial charge >= 0.3 is 0 Å². The van der Waals surface area contributed by atoms with Gasteiger partial charge in [-0.1, -0.05) is 0 Å². The van der Waals surface area contributed by atoms with E-state index >= 15 is 0 Å². The standard InChI is InChI=1S/C19H27N5O3/c1-13-4-5-16(27-13)11-23-8-7-21-19(26)17(23)10-18(25)20-6-9-24-12-22-14(2)15(24)3/h4-5,12,17H,6-11H2,1-3H3,(H,20,25)(H,21,26). The first-order valence-electron chi connectivity index (χ1n) is 9.26. The molecule has 2 aromatic rings. The van der Waals surface area contributed by atoms with Crippen molar-refractivity contribution >= 4 is 11.8 Å². The fourth-order valence-electron chi connectivity index (χ4n) is 3.28. The number of imidazole rings is 1. The second-order valence-corrected chi connectivity index (χ2v) is 6.95. The van der Waals surface area contributed by atoms with Crippen LogP contribution in [0, 0.1) is 20.8 Å². The highest BCUT2D eigenvalue weighted by molar-refractivity contribution is 5.88. The van der Waals surface area contributed by atoms with Crippen LogP contribution in [0.25, 0.3) is 0 Å². The molecule has 1 saturated heterocycles. The van der Waals surface area contributed by atoms with E-state index in [4.69, 9.17) is 4.42 Å². The number of piperazine rings is 1. The first kappa shape index (κ1) is 19.2. The van der Waals surface area contributed by atoms with Crippen LogP contribution in [0.2, 0.25) is 0 Å². The summed E-state index contributed by atoms with van der Waals surface area (Å²) in [5.41, 5.74) is 2.08. The monoisotopic (exact) mass is 373 g/mol. The molecule has 1 aliphatic rings. The summed E-state index contributed by atoms with van der Waals surface area (Å²) in [5, 5.41) is 5.75. The number of nitrogens with one attached hydrogen (secondary N) is 2. The lowest BCUT2D eigenvalue weighted by Gasteiger charge is -2.34. The predicted octanol–water partition coefficient (Wildman–Crippen LogP) is 0.908. The molecule has 0 aromatic carbocycles. The van der Waals surface area contributed by atoms with E-state index in [0.29, 0.717) is 32.7 Å².